The molecule has 20 heavy (non-hydrogen) atoms. The van der Waals surface area contributed by atoms with Gasteiger partial charge >= 0.3 is 0 Å². The summed E-state index contributed by atoms with van der Waals surface area (Å²) in [7, 11) is 0. The largest absolute Gasteiger partial charge is 0.351 e. The van der Waals surface area contributed by atoms with Crippen molar-refractivity contribution in [1.82, 2.24) is 10.3 Å². The molecule has 0 bridgehead atoms. The molecule has 6 nitrogen and oxygen atoms in total. The molecular weight excluding hydrogens is 282 g/mol. The van der Waals surface area contributed by atoms with Crippen LogP contribution in [0.4, 0.5) is 5.69 Å². The Morgan fingerprint density at radius 3 is 2.65 bits per heavy atom. The molecule has 0 fully saturated rings. The standard InChI is InChI=1S/C13H12ClN3O3/c14-10-3-1-9(2-4-10)5-6-15-13(18)12-7-11(8-16-12)17(19)20/h1-4,7-8,16H,5-6H2,(H,15,18). The topological polar surface area (TPSA) is 88.0 Å². The van der Waals surface area contributed by atoms with Crippen LogP contribution in [-0.4, -0.2) is 22.4 Å². The fraction of sp³-hybridized carbons (Fsp3) is 0.154. The zero-order valence-corrected chi connectivity index (χ0v) is 11.2. The number of rotatable bonds is 5. The van der Waals surface area contributed by atoms with Crippen molar-refractivity contribution in [3.63, 3.8) is 0 Å². The molecule has 0 aliphatic heterocycles. The Kier molecular flexibility index (Phi) is 4.37. The number of carbonyl (C=O) groups excluding carboxylic acids is 1. The SMILES string of the molecule is O=C(NCCc1ccc(Cl)cc1)c1cc([N+](=O)[O-])c[nH]1. The van der Waals surface area contributed by atoms with E-state index in [1.807, 2.05) is 12.1 Å². The minimum absolute atomic E-state index is 0.132. The molecule has 0 radical (unpaired) electrons. The second-order valence-corrected chi connectivity index (χ2v) is 4.60. The number of hydrogen-bond acceptors (Lipinski definition) is 3. The summed E-state index contributed by atoms with van der Waals surface area (Å²) in [4.78, 5) is 24.3. The molecule has 0 spiro atoms. The maximum atomic E-state index is 11.7. The van der Waals surface area contributed by atoms with Crippen LogP contribution in [0.1, 0.15) is 16.1 Å². The van der Waals surface area contributed by atoms with E-state index in [4.69, 9.17) is 11.6 Å². The average molecular weight is 294 g/mol. The molecule has 104 valence electrons. The third kappa shape index (κ3) is 3.58. The lowest BCUT2D eigenvalue weighted by molar-refractivity contribution is -0.384. The zero-order chi connectivity index (χ0) is 14.5. The Bertz CT molecular complexity index is 622. The highest BCUT2D eigenvalue weighted by molar-refractivity contribution is 6.30. The van der Waals surface area contributed by atoms with E-state index in [1.54, 1.807) is 12.1 Å². The first-order chi connectivity index (χ1) is 9.56. The highest BCUT2D eigenvalue weighted by atomic mass is 35.5. The quantitative estimate of drug-likeness (QED) is 0.656. The van der Waals surface area contributed by atoms with E-state index in [0.717, 1.165) is 5.56 Å². The molecule has 0 aliphatic rings. The van der Waals surface area contributed by atoms with Gasteiger partial charge in [0.1, 0.15) is 5.69 Å². The average Bonchev–Trinajstić information content (AvgIpc) is 2.91. The molecule has 2 rings (SSSR count). The molecule has 0 aliphatic carbocycles. The van der Waals surface area contributed by atoms with Gasteiger partial charge in [-0.25, -0.2) is 0 Å². The predicted octanol–water partition coefficient (Wildman–Crippen LogP) is 2.55. The van der Waals surface area contributed by atoms with E-state index in [-0.39, 0.29) is 17.3 Å². The zero-order valence-electron chi connectivity index (χ0n) is 10.4. The summed E-state index contributed by atoms with van der Waals surface area (Å²) in [5, 5.41) is 13.9. The van der Waals surface area contributed by atoms with Crippen LogP contribution >= 0.6 is 11.6 Å². The van der Waals surface area contributed by atoms with Crippen molar-refractivity contribution < 1.29 is 9.72 Å². The molecule has 1 amide bonds. The Balaban J connectivity index is 1.85. The van der Waals surface area contributed by atoms with Crippen LogP contribution in [-0.2, 0) is 6.42 Å². The van der Waals surface area contributed by atoms with E-state index < -0.39 is 4.92 Å². The van der Waals surface area contributed by atoms with Crippen molar-refractivity contribution in [2.24, 2.45) is 0 Å². The lowest BCUT2D eigenvalue weighted by atomic mass is 10.1. The second kappa shape index (κ2) is 6.21. The summed E-state index contributed by atoms with van der Waals surface area (Å²) < 4.78 is 0. The lowest BCUT2D eigenvalue weighted by Gasteiger charge is -2.04. The first kappa shape index (κ1) is 14.1. The van der Waals surface area contributed by atoms with Crippen molar-refractivity contribution >= 4 is 23.2 Å². The van der Waals surface area contributed by atoms with Crippen molar-refractivity contribution in [3.8, 4) is 0 Å². The molecule has 1 heterocycles. The van der Waals surface area contributed by atoms with Crippen molar-refractivity contribution in [1.29, 1.82) is 0 Å². The number of halogens is 1. The molecule has 1 aromatic heterocycles. The van der Waals surface area contributed by atoms with Crippen LogP contribution in [0.15, 0.2) is 36.5 Å². The number of nitrogens with zero attached hydrogens (tertiary/aromatic N) is 1. The maximum Gasteiger partial charge on any atom is 0.287 e. The van der Waals surface area contributed by atoms with Gasteiger partial charge in [0, 0.05) is 17.6 Å². The van der Waals surface area contributed by atoms with E-state index in [2.05, 4.69) is 10.3 Å². The third-order valence-electron chi connectivity index (χ3n) is 2.74. The van der Waals surface area contributed by atoms with Gasteiger partial charge in [-0.3, -0.25) is 14.9 Å². The number of aromatic nitrogens is 1. The van der Waals surface area contributed by atoms with Gasteiger partial charge < -0.3 is 10.3 Å². The van der Waals surface area contributed by atoms with E-state index in [9.17, 15) is 14.9 Å². The Morgan fingerprint density at radius 2 is 2.05 bits per heavy atom. The van der Waals surface area contributed by atoms with Crippen LogP contribution in [0.25, 0.3) is 0 Å². The molecule has 1 aromatic carbocycles. The molecule has 2 N–H and O–H groups in total. The number of H-pyrrole nitrogens is 1. The first-order valence-electron chi connectivity index (χ1n) is 5.92. The monoisotopic (exact) mass is 293 g/mol. The fourth-order valence-corrected chi connectivity index (χ4v) is 1.81. The third-order valence-corrected chi connectivity index (χ3v) is 2.99. The lowest BCUT2D eigenvalue weighted by Crippen LogP contribution is -2.25. The van der Waals surface area contributed by atoms with Gasteiger partial charge in [-0.1, -0.05) is 23.7 Å². The summed E-state index contributed by atoms with van der Waals surface area (Å²) in [5.74, 6) is -0.368. The summed E-state index contributed by atoms with van der Waals surface area (Å²) >= 11 is 5.78. The number of nitro groups is 1. The molecular formula is C13H12ClN3O3. The summed E-state index contributed by atoms with van der Waals surface area (Å²) in [6.45, 7) is 0.438. The van der Waals surface area contributed by atoms with Crippen LogP contribution in [0, 0.1) is 10.1 Å². The molecule has 0 saturated carbocycles. The van der Waals surface area contributed by atoms with Gasteiger partial charge in [0.2, 0.25) is 0 Å². The fourth-order valence-electron chi connectivity index (χ4n) is 1.69. The van der Waals surface area contributed by atoms with Crippen molar-refractivity contribution in [3.05, 3.63) is 62.9 Å². The van der Waals surface area contributed by atoms with Crippen LogP contribution < -0.4 is 5.32 Å². The van der Waals surface area contributed by atoms with Crippen LogP contribution in [0.2, 0.25) is 5.02 Å². The van der Waals surface area contributed by atoms with Gasteiger partial charge in [-0.2, -0.15) is 0 Å². The molecule has 0 saturated heterocycles. The minimum atomic E-state index is -0.555. The molecule has 7 heteroatoms. The maximum absolute atomic E-state index is 11.7. The molecule has 0 unspecified atom stereocenters. The summed E-state index contributed by atoms with van der Waals surface area (Å²) in [6.07, 6.45) is 1.85. The van der Waals surface area contributed by atoms with Gasteiger partial charge in [0.15, 0.2) is 0 Å². The number of benzene rings is 1. The van der Waals surface area contributed by atoms with Gasteiger partial charge in [0.25, 0.3) is 11.6 Å². The Morgan fingerprint density at radius 1 is 1.35 bits per heavy atom. The number of hydrogen-bond donors (Lipinski definition) is 2. The second-order valence-electron chi connectivity index (χ2n) is 4.16. The highest BCUT2D eigenvalue weighted by Gasteiger charge is 2.13. The van der Waals surface area contributed by atoms with Crippen LogP contribution in [0.5, 0.6) is 0 Å². The molecule has 2 aromatic rings. The number of carbonyl (C=O) groups is 1. The van der Waals surface area contributed by atoms with E-state index in [0.29, 0.717) is 18.0 Å². The van der Waals surface area contributed by atoms with Crippen molar-refractivity contribution in [2.75, 3.05) is 6.54 Å². The summed E-state index contributed by atoms with van der Waals surface area (Å²) in [6, 6.07) is 8.54. The number of nitrogens with one attached hydrogen (secondary N) is 2. The molecule has 0 atom stereocenters. The number of amides is 1. The smallest absolute Gasteiger partial charge is 0.287 e. The highest BCUT2D eigenvalue weighted by Crippen LogP contribution is 2.12. The van der Waals surface area contributed by atoms with Gasteiger partial charge in [0.05, 0.1) is 11.1 Å². The van der Waals surface area contributed by atoms with Crippen molar-refractivity contribution in [2.45, 2.75) is 6.42 Å². The van der Waals surface area contributed by atoms with Crippen LogP contribution in [0.3, 0.4) is 0 Å². The van der Waals surface area contributed by atoms with Gasteiger partial charge in [-0.15, -0.1) is 0 Å². The first-order valence-corrected chi connectivity index (χ1v) is 6.29. The minimum Gasteiger partial charge on any atom is -0.351 e. The van der Waals surface area contributed by atoms with E-state index in [1.165, 1.54) is 12.3 Å². The van der Waals surface area contributed by atoms with Gasteiger partial charge in [-0.05, 0) is 24.1 Å². The summed E-state index contributed by atoms with van der Waals surface area (Å²) in [5.41, 5.74) is 1.09. The Hall–Kier alpha value is -2.34. The normalized spacial score (nSPS) is 10.2. The Labute approximate surface area is 119 Å². The predicted molar refractivity (Wildman–Crippen MR) is 74.9 cm³/mol. The van der Waals surface area contributed by atoms with E-state index >= 15 is 0 Å². The number of aromatic amines is 1.